The Labute approximate surface area is 123 Å². The van der Waals surface area contributed by atoms with E-state index >= 15 is 0 Å². The Hall–Kier alpha value is -2.17. The molecular weight excluding hydrogens is 266 g/mol. The number of carboxylic acids is 1. The van der Waals surface area contributed by atoms with Gasteiger partial charge in [0.1, 0.15) is 0 Å². The van der Waals surface area contributed by atoms with Crippen LogP contribution in [0.1, 0.15) is 26.2 Å². The van der Waals surface area contributed by atoms with Crippen molar-refractivity contribution in [2.24, 2.45) is 5.41 Å². The number of carbonyl (C=O) groups is 1. The van der Waals surface area contributed by atoms with Gasteiger partial charge in [0.2, 0.25) is 0 Å². The number of hydrogen-bond donors (Lipinski definition) is 1. The average Bonchev–Trinajstić information content (AvgIpc) is 2.54. The summed E-state index contributed by atoms with van der Waals surface area (Å²) in [5, 5.41) is 20.0. The third-order valence-electron chi connectivity index (χ3n) is 4.70. The molecule has 1 aliphatic rings. The average molecular weight is 285 g/mol. The number of aliphatic carboxylic acids is 1. The highest BCUT2D eigenvalue weighted by atomic mass is 16.4. The Balaban J connectivity index is 1.88. The molecule has 0 spiro atoms. The van der Waals surface area contributed by atoms with Crippen LogP contribution in [-0.2, 0) is 4.79 Å². The molecule has 1 saturated heterocycles. The van der Waals surface area contributed by atoms with E-state index in [2.05, 4.69) is 15.1 Å². The van der Waals surface area contributed by atoms with Gasteiger partial charge in [-0.15, -0.1) is 5.10 Å². The molecule has 2 aromatic rings. The van der Waals surface area contributed by atoms with Gasteiger partial charge in [-0.3, -0.25) is 4.79 Å². The second-order valence-electron chi connectivity index (χ2n) is 5.68. The normalized spacial score (nSPS) is 17.9. The summed E-state index contributed by atoms with van der Waals surface area (Å²) in [4.78, 5) is 13.7. The molecule has 5 nitrogen and oxygen atoms in total. The first-order valence-corrected chi connectivity index (χ1v) is 7.35. The van der Waals surface area contributed by atoms with Gasteiger partial charge < -0.3 is 10.0 Å². The molecule has 0 aliphatic carbocycles. The summed E-state index contributed by atoms with van der Waals surface area (Å²) in [6, 6.07) is 8.03. The van der Waals surface area contributed by atoms with Gasteiger partial charge in [-0.1, -0.05) is 31.2 Å². The molecule has 0 amide bonds. The van der Waals surface area contributed by atoms with E-state index in [9.17, 15) is 9.90 Å². The predicted octanol–water partition coefficient (Wildman–Crippen LogP) is 2.71. The van der Waals surface area contributed by atoms with Crippen LogP contribution in [0.4, 0.5) is 5.82 Å². The van der Waals surface area contributed by atoms with E-state index < -0.39 is 11.4 Å². The fourth-order valence-electron chi connectivity index (χ4n) is 3.11. The molecule has 2 heterocycles. The number of rotatable bonds is 3. The Morgan fingerprint density at radius 3 is 2.71 bits per heavy atom. The van der Waals surface area contributed by atoms with Crippen molar-refractivity contribution in [1.29, 1.82) is 0 Å². The minimum Gasteiger partial charge on any atom is -0.481 e. The van der Waals surface area contributed by atoms with E-state index in [-0.39, 0.29) is 0 Å². The highest BCUT2D eigenvalue weighted by Gasteiger charge is 2.40. The number of aromatic nitrogens is 2. The van der Waals surface area contributed by atoms with Crippen LogP contribution in [-0.4, -0.2) is 34.4 Å². The maximum atomic E-state index is 11.5. The fraction of sp³-hybridized carbons (Fsp3) is 0.438. The number of piperidine rings is 1. The number of carboxylic acid groups (broad SMARTS) is 1. The van der Waals surface area contributed by atoms with Crippen LogP contribution >= 0.6 is 0 Å². The van der Waals surface area contributed by atoms with Crippen molar-refractivity contribution in [1.82, 2.24) is 10.2 Å². The van der Waals surface area contributed by atoms with Gasteiger partial charge in [-0.2, -0.15) is 5.10 Å². The van der Waals surface area contributed by atoms with Crippen LogP contribution in [0, 0.1) is 5.41 Å². The summed E-state index contributed by atoms with van der Waals surface area (Å²) in [7, 11) is 0. The van der Waals surface area contributed by atoms with Crippen molar-refractivity contribution in [3.05, 3.63) is 30.5 Å². The van der Waals surface area contributed by atoms with Crippen LogP contribution in [0.2, 0.25) is 0 Å². The van der Waals surface area contributed by atoms with Gasteiger partial charge in [-0.25, -0.2) is 0 Å². The summed E-state index contributed by atoms with van der Waals surface area (Å²) in [6.45, 7) is 3.38. The number of anilines is 1. The molecule has 0 atom stereocenters. The summed E-state index contributed by atoms with van der Waals surface area (Å²) in [6.07, 6.45) is 3.75. The molecule has 0 saturated carbocycles. The van der Waals surface area contributed by atoms with Gasteiger partial charge in [0.15, 0.2) is 5.82 Å². The van der Waals surface area contributed by atoms with Gasteiger partial charge >= 0.3 is 5.97 Å². The van der Waals surface area contributed by atoms with Crippen LogP contribution in [0.25, 0.3) is 10.8 Å². The Morgan fingerprint density at radius 1 is 1.33 bits per heavy atom. The zero-order valence-corrected chi connectivity index (χ0v) is 12.1. The van der Waals surface area contributed by atoms with E-state index in [0.717, 1.165) is 16.6 Å². The summed E-state index contributed by atoms with van der Waals surface area (Å²) in [5.74, 6) is 0.192. The maximum absolute atomic E-state index is 11.5. The summed E-state index contributed by atoms with van der Waals surface area (Å²) < 4.78 is 0. The molecule has 110 valence electrons. The largest absolute Gasteiger partial charge is 0.481 e. The zero-order chi connectivity index (χ0) is 14.9. The highest BCUT2D eigenvalue weighted by molar-refractivity contribution is 5.91. The van der Waals surface area contributed by atoms with Crippen molar-refractivity contribution >= 4 is 22.6 Å². The SMILES string of the molecule is CCC1(C(=O)O)CCN(c2nncc3ccccc23)CC1. The molecule has 3 rings (SSSR count). The Kier molecular flexibility index (Phi) is 3.49. The first-order valence-electron chi connectivity index (χ1n) is 7.35. The first kappa shape index (κ1) is 13.8. The zero-order valence-electron chi connectivity index (χ0n) is 12.1. The third kappa shape index (κ3) is 2.33. The van der Waals surface area contributed by atoms with Crippen molar-refractivity contribution in [3.63, 3.8) is 0 Å². The van der Waals surface area contributed by atoms with Crippen LogP contribution < -0.4 is 4.90 Å². The van der Waals surface area contributed by atoms with Gasteiger partial charge in [0.05, 0.1) is 11.6 Å². The lowest BCUT2D eigenvalue weighted by Gasteiger charge is -2.38. The van der Waals surface area contributed by atoms with E-state index in [0.29, 0.717) is 32.4 Å². The van der Waals surface area contributed by atoms with Crippen molar-refractivity contribution < 1.29 is 9.90 Å². The molecule has 0 unspecified atom stereocenters. The first-order chi connectivity index (χ1) is 10.2. The molecule has 1 N–H and O–H groups in total. The third-order valence-corrected chi connectivity index (χ3v) is 4.70. The predicted molar refractivity (Wildman–Crippen MR) is 81.3 cm³/mol. The molecule has 1 aromatic heterocycles. The van der Waals surface area contributed by atoms with E-state index in [1.54, 1.807) is 6.20 Å². The Bertz CT molecular complexity index is 658. The molecule has 1 aromatic carbocycles. The second kappa shape index (κ2) is 5.31. The molecule has 21 heavy (non-hydrogen) atoms. The maximum Gasteiger partial charge on any atom is 0.309 e. The van der Waals surface area contributed by atoms with E-state index in [1.165, 1.54) is 0 Å². The van der Waals surface area contributed by atoms with Gasteiger partial charge in [-0.05, 0) is 19.3 Å². The summed E-state index contributed by atoms with van der Waals surface area (Å²) >= 11 is 0. The minimum absolute atomic E-state index is 0.575. The van der Waals surface area contributed by atoms with Crippen LogP contribution in [0.15, 0.2) is 30.5 Å². The summed E-state index contributed by atoms with van der Waals surface area (Å²) in [5.41, 5.74) is -0.575. The van der Waals surface area contributed by atoms with Crippen molar-refractivity contribution in [3.8, 4) is 0 Å². The topological polar surface area (TPSA) is 66.3 Å². The van der Waals surface area contributed by atoms with Gasteiger partial charge in [0.25, 0.3) is 0 Å². The van der Waals surface area contributed by atoms with Crippen molar-refractivity contribution in [2.75, 3.05) is 18.0 Å². The molecule has 0 radical (unpaired) electrons. The minimum atomic E-state index is -0.673. The Morgan fingerprint density at radius 2 is 2.05 bits per heavy atom. The fourth-order valence-corrected chi connectivity index (χ4v) is 3.11. The smallest absolute Gasteiger partial charge is 0.309 e. The van der Waals surface area contributed by atoms with Crippen LogP contribution in [0.5, 0.6) is 0 Å². The van der Waals surface area contributed by atoms with Crippen LogP contribution in [0.3, 0.4) is 0 Å². The number of benzene rings is 1. The quantitative estimate of drug-likeness (QED) is 0.939. The standard InChI is InChI=1S/C16H19N3O2/c1-2-16(15(20)21)7-9-19(10-8-16)14-13-6-4-3-5-12(13)11-17-18-14/h3-6,11H,2,7-10H2,1H3,(H,20,21). The lowest BCUT2D eigenvalue weighted by molar-refractivity contribution is -0.150. The molecule has 1 aliphatic heterocycles. The monoisotopic (exact) mass is 285 g/mol. The highest BCUT2D eigenvalue weighted by Crippen LogP contribution is 2.37. The lowest BCUT2D eigenvalue weighted by Crippen LogP contribution is -2.44. The molecule has 1 fully saturated rings. The number of nitrogens with zero attached hydrogens (tertiary/aromatic N) is 3. The van der Waals surface area contributed by atoms with E-state index in [4.69, 9.17) is 0 Å². The van der Waals surface area contributed by atoms with E-state index in [1.807, 2.05) is 31.2 Å². The molecule has 5 heteroatoms. The molecule has 0 bridgehead atoms. The van der Waals surface area contributed by atoms with Crippen molar-refractivity contribution in [2.45, 2.75) is 26.2 Å². The number of fused-ring (bicyclic) bond motifs is 1. The van der Waals surface area contributed by atoms with Gasteiger partial charge in [0, 0.05) is 23.9 Å². The lowest BCUT2D eigenvalue weighted by atomic mass is 9.76. The second-order valence-corrected chi connectivity index (χ2v) is 5.68. The molecular formula is C16H19N3O2. The number of hydrogen-bond acceptors (Lipinski definition) is 4.